The van der Waals surface area contributed by atoms with Crippen LogP contribution in [0, 0.1) is 5.82 Å². The van der Waals surface area contributed by atoms with Crippen molar-refractivity contribution < 1.29 is 27.1 Å². The zero-order valence-corrected chi connectivity index (χ0v) is 27.5. The third-order valence-electron chi connectivity index (χ3n) is 8.47. The number of anilines is 1. The van der Waals surface area contributed by atoms with E-state index in [0.717, 1.165) is 23.8 Å². The van der Waals surface area contributed by atoms with Gasteiger partial charge in [0.25, 0.3) is 0 Å². The van der Waals surface area contributed by atoms with Gasteiger partial charge in [-0.3, -0.25) is 14.5 Å². The minimum absolute atomic E-state index is 0.104. The summed E-state index contributed by atoms with van der Waals surface area (Å²) in [5.74, 6) is -0.286. The van der Waals surface area contributed by atoms with Crippen LogP contribution >= 0.6 is 11.8 Å². The van der Waals surface area contributed by atoms with Crippen LogP contribution in [0.1, 0.15) is 51.7 Å². The van der Waals surface area contributed by atoms with Crippen molar-refractivity contribution in [2.24, 2.45) is 0 Å². The molecular formula is C34H35F4N5O3S. The largest absolute Gasteiger partial charge is 0.444 e. The first-order chi connectivity index (χ1) is 22.1. The molecule has 1 amide bonds. The first-order valence-electron chi connectivity index (χ1n) is 15.4. The van der Waals surface area contributed by atoms with Crippen LogP contribution in [0.3, 0.4) is 0 Å². The fourth-order valence-corrected chi connectivity index (χ4v) is 7.93. The normalized spacial score (nSPS) is 20.3. The van der Waals surface area contributed by atoms with Gasteiger partial charge in [-0.15, -0.1) is 11.8 Å². The lowest BCUT2D eigenvalue weighted by molar-refractivity contribution is -0.137. The van der Waals surface area contributed by atoms with Crippen molar-refractivity contribution in [3.63, 3.8) is 0 Å². The van der Waals surface area contributed by atoms with Crippen LogP contribution in [0.4, 0.5) is 28.2 Å². The number of hydrogen-bond acceptors (Lipinski definition) is 7. The Morgan fingerprint density at radius 3 is 2.21 bits per heavy atom. The SMILES string of the molecule is C[C@@H]1CN(c2nc(=O)n3c4c(c(-c5ccc(F)cc5)c(C(F)(F)F)cc24)SC[C@@H](c2ccncc2)C3)C[C@H](C)N1C(=O)OC(C)(C)C. The number of thioether (sulfide) groups is 1. The number of aromatic nitrogens is 3. The summed E-state index contributed by atoms with van der Waals surface area (Å²) in [6, 6.07) is 8.87. The van der Waals surface area contributed by atoms with Crippen molar-refractivity contribution in [2.75, 3.05) is 23.7 Å². The molecule has 6 rings (SSSR count). The van der Waals surface area contributed by atoms with E-state index in [-0.39, 0.29) is 52.8 Å². The predicted molar refractivity (Wildman–Crippen MR) is 173 cm³/mol. The van der Waals surface area contributed by atoms with Crippen LogP contribution in [-0.4, -0.2) is 62.1 Å². The number of benzene rings is 2. The topological polar surface area (TPSA) is 80.6 Å². The number of amides is 1. The van der Waals surface area contributed by atoms with E-state index in [4.69, 9.17) is 4.74 Å². The van der Waals surface area contributed by atoms with Crippen LogP contribution in [0.2, 0.25) is 0 Å². The Labute approximate surface area is 273 Å². The highest BCUT2D eigenvalue weighted by atomic mass is 32.2. The second kappa shape index (κ2) is 12.1. The molecule has 2 aliphatic heterocycles. The third-order valence-corrected chi connectivity index (χ3v) is 9.72. The molecule has 248 valence electrons. The molecule has 0 unspecified atom stereocenters. The fourth-order valence-electron chi connectivity index (χ4n) is 6.54. The van der Waals surface area contributed by atoms with Crippen molar-refractivity contribution in [3.8, 4) is 11.1 Å². The number of carbonyl (C=O) groups is 1. The van der Waals surface area contributed by atoms with Gasteiger partial charge in [-0.1, -0.05) is 12.1 Å². The molecule has 2 aliphatic rings. The van der Waals surface area contributed by atoms with Crippen LogP contribution in [0.25, 0.3) is 22.0 Å². The van der Waals surface area contributed by atoms with Gasteiger partial charge in [0.2, 0.25) is 0 Å². The molecule has 1 fully saturated rings. The number of piperazine rings is 1. The second-order valence-corrected chi connectivity index (χ2v) is 14.2. The van der Waals surface area contributed by atoms with Crippen molar-refractivity contribution in [3.05, 3.63) is 82.3 Å². The number of halogens is 4. The van der Waals surface area contributed by atoms with Gasteiger partial charge in [-0.05, 0) is 76.1 Å². The van der Waals surface area contributed by atoms with Gasteiger partial charge in [-0.2, -0.15) is 18.2 Å². The summed E-state index contributed by atoms with van der Waals surface area (Å²) in [6.07, 6.45) is -1.98. The smallest absolute Gasteiger partial charge is 0.417 e. The molecule has 13 heteroatoms. The number of carbonyl (C=O) groups excluding carboxylic acids is 1. The van der Waals surface area contributed by atoms with Gasteiger partial charge in [0.15, 0.2) is 0 Å². The average Bonchev–Trinajstić information content (AvgIpc) is 3.19. The average molecular weight is 670 g/mol. The van der Waals surface area contributed by atoms with Crippen LogP contribution in [0.5, 0.6) is 0 Å². The Hall–Kier alpha value is -4.13. The number of nitrogens with zero attached hydrogens (tertiary/aromatic N) is 5. The Morgan fingerprint density at radius 1 is 0.979 bits per heavy atom. The second-order valence-electron chi connectivity index (χ2n) is 13.1. The minimum atomic E-state index is -4.78. The lowest BCUT2D eigenvalue weighted by atomic mass is 9.95. The standard InChI is InChI=1S/C34H35F4N5O3S/c1-19-15-41(16-20(2)43(19)32(45)46-33(3,4)5)30-25-14-26(34(36,37)38)27(22-6-8-24(35)9-7-22)29-28(25)42(31(44)40-30)17-23(18-47-29)21-10-12-39-13-11-21/h6-14,19-20,23H,15-18H2,1-5H3/t19-,20+,23-/m0/s1. The highest BCUT2D eigenvalue weighted by Gasteiger charge is 2.40. The van der Waals surface area contributed by atoms with Crippen molar-refractivity contribution in [1.82, 2.24) is 19.4 Å². The Kier molecular flexibility index (Phi) is 8.48. The van der Waals surface area contributed by atoms with E-state index in [1.54, 1.807) is 43.0 Å². The summed E-state index contributed by atoms with van der Waals surface area (Å²) in [7, 11) is 0. The number of rotatable bonds is 3. The molecule has 2 aromatic heterocycles. The molecule has 1 saturated heterocycles. The molecule has 47 heavy (non-hydrogen) atoms. The fraction of sp³-hybridized carbons (Fsp3) is 0.412. The Bertz CT molecular complexity index is 1860. The van der Waals surface area contributed by atoms with E-state index >= 15 is 13.2 Å². The Morgan fingerprint density at radius 2 is 1.62 bits per heavy atom. The number of pyridine rings is 1. The molecular weight excluding hydrogens is 634 g/mol. The van der Waals surface area contributed by atoms with E-state index < -0.39 is 47.0 Å². The highest BCUT2D eigenvalue weighted by molar-refractivity contribution is 7.99. The quantitative estimate of drug-likeness (QED) is 0.211. The maximum atomic E-state index is 15.0. The van der Waals surface area contributed by atoms with Crippen LogP contribution < -0.4 is 10.6 Å². The molecule has 4 aromatic rings. The lowest BCUT2D eigenvalue weighted by Gasteiger charge is -2.45. The zero-order valence-electron chi connectivity index (χ0n) is 26.6. The summed E-state index contributed by atoms with van der Waals surface area (Å²) < 4.78 is 66.1. The van der Waals surface area contributed by atoms with Crippen molar-refractivity contribution >= 4 is 34.6 Å². The first-order valence-corrected chi connectivity index (χ1v) is 16.3. The summed E-state index contributed by atoms with van der Waals surface area (Å²) in [4.78, 5) is 39.2. The van der Waals surface area contributed by atoms with Gasteiger partial charge >= 0.3 is 18.0 Å². The van der Waals surface area contributed by atoms with Crippen LogP contribution in [0.15, 0.2) is 64.5 Å². The molecule has 0 radical (unpaired) electrons. The molecule has 4 heterocycles. The summed E-state index contributed by atoms with van der Waals surface area (Å²) in [6.45, 7) is 9.64. The maximum absolute atomic E-state index is 15.0. The first kappa shape index (κ1) is 32.8. The third kappa shape index (κ3) is 6.41. The van der Waals surface area contributed by atoms with Gasteiger partial charge in [0.1, 0.15) is 17.2 Å². The zero-order chi connectivity index (χ0) is 33.8. The molecule has 0 aliphatic carbocycles. The van der Waals surface area contributed by atoms with Gasteiger partial charge in [-0.25, -0.2) is 14.0 Å². The molecule has 0 N–H and O–H groups in total. The van der Waals surface area contributed by atoms with Gasteiger partial charge < -0.3 is 9.64 Å². The highest BCUT2D eigenvalue weighted by Crippen LogP contribution is 2.49. The maximum Gasteiger partial charge on any atom is 0.417 e. The van der Waals surface area contributed by atoms with Crippen LogP contribution in [-0.2, 0) is 17.5 Å². The minimum Gasteiger partial charge on any atom is -0.444 e. The van der Waals surface area contributed by atoms with E-state index in [1.165, 1.54) is 28.5 Å². The lowest BCUT2D eigenvalue weighted by Crippen LogP contribution is -2.59. The number of alkyl halides is 3. The molecule has 0 bridgehead atoms. The molecule has 0 saturated carbocycles. The van der Waals surface area contributed by atoms with Gasteiger partial charge in [0.05, 0.1) is 23.2 Å². The van der Waals surface area contributed by atoms with E-state index in [9.17, 15) is 14.0 Å². The molecule has 2 aromatic carbocycles. The molecule has 3 atom stereocenters. The summed E-state index contributed by atoms with van der Waals surface area (Å²) in [5, 5.41) is 0.186. The van der Waals surface area contributed by atoms with E-state index in [2.05, 4.69) is 9.97 Å². The summed E-state index contributed by atoms with van der Waals surface area (Å²) in [5.41, 5.74) is -0.865. The van der Waals surface area contributed by atoms with E-state index in [0.29, 0.717) is 11.3 Å². The molecule has 8 nitrogen and oxygen atoms in total. The van der Waals surface area contributed by atoms with Crippen molar-refractivity contribution in [1.29, 1.82) is 0 Å². The summed E-state index contributed by atoms with van der Waals surface area (Å²) >= 11 is 1.25. The number of ether oxygens (including phenoxy) is 1. The number of hydrogen-bond donors (Lipinski definition) is 0. The predicted octanol–water partition coefficient (Wildman–Crippen LogP) is 7.34. The van der Waals surface area contributed by atoms with E-state index in [1.807, 2.05) is 26.0 Å². The van der Waals surface area contributed by atoms with Gasteiger partial charge in [0, 0.05) is 59.5 Å². The Balaban J connectivity index is 1.56. The van der Waals surface area contributed by atoms with Crippen molar-refractivity contribution in [2.45, 2.75) is 75.8 Å². The monoisotopic (exact) mass is 669 g/mol. The molecule has 0 spiro atoms.